The van der Waals surface area contributed by atoms with Crippen LogP contribution in [0.4, 0.5) is 11.5 Å². The van der Waals surface area contributed by atoms with Gasteiger partial charge >= 0.3 is 0 Å². The molecule has 0 atom stereocenters. The van der Waals surface area contributed by atoms with Gasteiger partial charge in [-0.1, -0.05) is 17.7 Å². The summed E-state index contributed by atoms with van der Waals surface area (Å²) >= 11 is 0. The number of rotatable bonds is 6. The summed E-state index contributed by atoms with van der Waals surface area (Å²) in [6.45, 7) is 5.96. The molecule has 1 aromatic carbocycles. The molecule has 1 aliphatic rings. The van der Waals surface area contributed by atoms with Crippen molar-refractivity contribution in [2.45, 2.75) is 46.0 Å². The highest BCUT2D eigenvalue weighted by Gasteiger charge is 2.14. The van der Waals surface area contributed by atoms with Crippen LogP contribution in [0.15, 0.2) is 36.5 Å². The second-order valence-corrected chi connectivity index (χ2v) is 7.24. The summed E-state index contributed by atoms with van der Waals surface area (Å²) in [5, 5.41) is 2.83. The average molecular weight is 365 g/mol. The summed E-state index contributed by atoms with van der Waals surface area (Å²) in [5.41, 5.74) is 3.37. The summed E-state index contributed by atoms with van der Waals surface area (Å²) in [7, 11) is 0. The van der Waals surface area contributed by atoms with E-state index in [-0.39, 0.29) is 24.5 Å². The molecule has 1 aromatic heterocycles. The molecule has 2 heterocycles. The summed E-state index contributed by atoms with van der Waals surface area (Å²) < 4.78 is 0. The number of Topliss-reactive ketones (excluding diaryl/α,β-unsaturated/α-hetero) is 1. The number of amides is 1. The second-order valence-electron chi connectivity index (χ2n) is 7.24. The number of piperidine rings is 1. The van der Waals surface area contributed by atoms with Crippen molar-refractivity contribution in [3.63, 3.8) is 0 Å². The van der Waals surface area contributed by atoms with Crippen molar-refractivity contribution in [3.8, 4) is 0 Å². The highest BCUT2D eigenvalue weighted by molar-refractivity contribution is 6.01. The van der Waals surface area contributed by atoms with E-state index in [0.29, 0.717) is 11.3 Å². The summed E-state index contributed by atoms with van der Waals surface area (Å²) in [6, 6.07) is 9.64. The molecule has 3 rings (SSSR count). The lowest BCUT2D eigenvalue weighted by molar-refractivity contribution is -0.116. The van der Waals surface area contributed by atoms with Gasteiger partial charge in [0.05, 0.1) is 11.9 Å². The molecule has 0 bridgehead atoms. The van der Waals surface area contributed by atoms with E-state index in [2.05, 4.69) is 15.2 Å². The Morgan fingerprint density at radius 1 is 1.04 bits per heavy atom. The molecule has 0 unspecified atom stereocenters. The second kappa shape index (κ2) is 8.80. The molecule has 0 spiro atoms. The van der Waals surface area contributed by atoms with E-state index in [4.69, 9.17) is 0 Å². The van der Waals surface area contributed by atoms with Crippen LogP contribution in [0, 0.1) is 13.8 Å². The van der Waals surface area contributed by atoms with Crippen molar-refractivity contribution in [2.24, 2.45) is 0 Å². The maximum atomic E-state index is 12.4. The molecule has 27 heavy (non-hydrogen) atoms. The van der Waals surface area contributed by atoms with Crippen LogP contribution in [0.1, 0.15) is 53.6 Å². The minimum atomic E-state index is -0.166. The largest absolute Gasteiger partial charge is 0.357 e. The van der Waals surface area contributed by atoms with Crippen LogP contribution in [0.25, 0.3) is 0 Å². The first kappa shape index (κ1) is 19.1. The number of ketones is 1. The predicted molar refractivity (Wildman–Crippen MR) is 108 cm³/mol. The van der Waals surface area contributed by atoms with Gasteiger partial charge in [0, 0.05) is 31.5 Å². The number of carbonyl (C=O) groups is 2. The van der Waals surface area contributed by atoms with E-state index in [1.807, 2.05) is 44.2 Å². The first-order chi connectivity index (χ1) is 13.0. The quantitative estimate of drug-likeness (QED) is 0.776. The number of aryl methyl sites for hydroxylation is 2. The Morgan fingerprint density at radius 3 is 2.52 bits per heavy atom. The zero-order valence-electron chi connectivity index (χ0n) is 16.1. The lowest BCUT2D eigenvalue weighted by Crippen LogP contribution is -2.30. The van der Waals surface area contributed by atoms with Gasteiger partial charge in [0.1, 0.15) is 5.82 Å². The Bertz CT molecular complexity index is 809. The van der Waals surface area contributed by atoms with Gasteiger partial charge in [-0.2, -0.15) is 0 Å². The maximum absolute atomic E-state index is 12.4. The van der Waals surface area contributed by atoms with Gasteiger partial charge in [0.25, 0.3) is 0 Å². The van der Waals surface area contributed by atoms with Crippen LogP contribution in [0.2, 0.25) is 0 Å². The SMILES string of the molecule is Cc1ccc(C)c(C(=O)CCC(=O)Nc2ccc(N3CCCCC3)nc2)c1. The van der Waals surface area contributed by atoms with E-state index >= 15 is 0 Å². The molecule has 5 heteroatoms. The molecular weight excluding hydrogens is 338 g/mol. The number of aromatic nitrogens is 1. The first-order valence-electron chi connectivity index (χ1n) is 9.64. The molecule has 0 aliphatic carbocycles. The third kappa shape index (κ3) is 5.16. The number of hydrogen-bond donors (Lipinski definition) is 1. The fourth-order valence-corrected chi connectivity index (χ4v) is 3.39. The zero-order chi connectivity index (χ0) is 19.2. The van der Waals surface area contributed by atoms with E-state index in [1.54, 1.807) is 6.20 Å². The maximum Gasteiger partial charge on any atom is 0.224 e. The predicted octanol–water partition coefficient (Wildman–Crippen LogP) is 4.29. The van der Waals surface area contributed by atoms with Gasteiger partial charge < -0.3 is 10.2 Å². The molecule has 1 amide bonds. The van der Waals surface area contributed by atoms with Gasteiger partial charge in [-0.3, -0.25) is 9.59 Å². The molecule has 1 N–H and O–H groups in total. The third-order valence-corrected chi connectivity index (χ3v) is 4.98. The summed E-state index contributed by atoms with van der Waals surface area (Å²) in [4.78, 5) is 31.3. The number of hydrogen-bond acceptors (Lipinski definition) is 4. The van der Waals surface area contributed by atoms with E-state index in [9.17, 15) is 9.59 Å². The van der Waals surface area contributed by atoms with Crippen molar-refractivity contribution in [3.05, 3.63) is 53.2 Å². The van der Waals surface area contributed by atoms with Crippen LogP contribution < -0.4 is 10.2 Å². The van der Waals surface area contributed by atoms with Crippen LogP contribution in [-0.2, 0) is 4.79 Å². The smallest absolute Gasteiger partial charge is 0.224 e. The highest BCUT2D eigenvalue weighted by atomic mass is 16.2. The fraction of sp³-hybridized carbons (Fsp3) is 0.409. The molecule has 2 aromatic rings. The van der Waals surface area contributed by atoms with Gasteiger partial charge in [-0.05, 0) is 56.9 Å². The topological polar surface area (TPSA) is 62.3 Å². The van der Waals surface area contributed by atoms with E-state index < -0.39 is 0 Å². The van der Waals surface area contributed by atoms with Crippen LogP contribution in [0.3, 0.4) is 0 Å². The normalized spacial score (nSPS) is 14.1. The highest BCUT2D eigenvalue weighted by Crippen LogP contribution is 2.19. The minimum absolute atomic E-state index is 0.00456. The number of nitrogens with one attached hydrogen (secondary N) is 1. The first-order valence-corrected chi connectivity index (χ1v) is 9.64. The van der Waals surface area contributed by atoms with Crippen molar-refractivity contribution < 1.29 is 9.59 Å². The minimum Gasteiger partial charge on any atom is -0.357 e. The van der Waals surface area contributed by atoms with E-state index in [1.165, 1.54) is 19.3 Å². The molecule has 1 aliphatic heterocycles. The third-order valence-electron chi connectivity index (χ3n) is 4.98. The molecule has 0 radical (unpaired) electrons. The Hall–Kier alpha value is -2.69. The average Bonchev–Trinajstić information content (AvgIpc) is 2.69. The number of anilines is 2. The van der Waals surface area contributed by atoms with Gasteiger partial charge in [-0.15, -0.1) is 0 Å². The fourth-order valence-electron chi connectivity index (χ4n) is 3.39. The Morgan fingerprint density at radius 2 is 1.81 bits per heavy atom. The Labute approximate surface area is 160 Å². The van der Waals surface area contributed by atoms with Gasteiger partial charge in [0.2, 0.25) is 5.91 Å². The van der Waals surface area contributed by atoms with Crippen LogP contribution in [0.5, 0.6) is 0 Å². The monoisotopic (exact) mass is 365 g/mol. The molecule has 1 fully saturated rings. The van der Waals surface area contributed by atoms with Crippen molar-refractivity contribution in [2.75, 3.05) is 23.3 Å². The van der Waals surface area contributed by atoms with Crippen molar-refractivity contribution in [1.29, 1.82) is 0 Å². The molecule has 5 nitrogen and oxygen atoms in total. The standard InChI is InChI=1S/C22H27N3O2/c1-16-6-7-17(2)19(14-16)20(26)9-11-22(27)24-18-8-10-21(23-15-18)25-12-4-3-5-13-25/h6-8,10,14-15H,3-5,9,11-13H2,1-2H3,(H,24,27). The number of pyridine rings is 1. The van der Waals surface area contributed by atoms with Crippen molar-refractivity contribution >= 4 is 23.2 Å². The van der Waals surface area contributed by atoms with Crippen LogP contribution >= 0.6 is 0 Å². The number of nitrogens with zero attached hydrogens (tertiary/aromatic N) is 2. The molecular formula is C22H27N3O2. The Kier molecular flexibility index (Phi) is 6.22. The lowest BCUT2D eigenvalue weighted by Gasteiger charge is -2.27. The Balaban J connectivity index is 1.51. The number of benzene rings is 1. The van der Waals surface area contributed by atoms with Gasteiger partial charge in [0.15, 0.2) is 5.78 Å². The molecule has 1 saturated heterocycles. The van der Waals surface area contributed by atoms with E-state index in [0.717, 1.165) is 30.0 Å². The number of carbonyl (C=O) groups excluding carboxylic acids is 2. The molecule has 142 valence electrons. The van der Waals surface area contributed by atoms with Gasteiger partial charge in [-0.25, -0.2) is 4.98 Å². The summed E-state index contributed by atoms with van der Waals surface area (Å²) in [6.07, 6.45) is 5.75. The summed E-state index contributed by atoms with van der Waals surface area (Å²) in [5.74, 6) is 0.795. The lowest BCUT2D eigenvalue weighted by atomic mass is 9.99. The van der Waals surface area contributed by atoms with Crippen molar-refractivity contribution in [1.82, 2.24) is 4.98 Å². The molecule has 0 saturated carbocycles. The zero-order valence-corrected chi connectivity index (χ0v) is 16.1. The van der Waals surface area contributed by atoms with Crippen LogP contribution in [-0.4, -0.2) is 29.8 Å².